The van der Waals surface area contributed by atoms with Gasteiger partial charge < -0.3 is 20.3 Å². The number of rotatable bonds is 4. The number of amides is 1. The molecule has 1 fully saturated rings. The van der Waals surface area contributed by atoms with Gasteiger partial charge in [0.05, 0.1) is 12.0 Å². The van der Waals surface area contributed by atoms with E-state index in [0.29, 0.717) is 31.6 Å². The lowest BCUT2D eigenvalue weighted by Crippen LogP contribution is -2.46. The second-order valence-electron chi connectivity index (χ2n) is 4.92. The smallest absolute Gasteiger partial charge is 0.224 e. The average molecular weight is 265 g/mol. The van der Waals surface area contributed by atoms with Crippen LogP contribution in [0.5, 0.6) is 5.75 Å². The van der Waals surface area contributed by atoms with E-state index in [1.165, 1.54) is 0 Å². The first-order valence-electron chi connectivity index (χ1n) is 6.43. The molecule has 1 aromatic carbocycles. The number of hydrogen-bond donors (Lipinski definition) is 3. The van der Waals surface area contributed by atoms with Crippen LogP contribution in [0.2, 0.25) is 0 Å². The van der Waals surface area contributed by atoms with Gasteiger partial charge >= 0.3 is 0 Å². The zero-order valence-corrected chi connectivity index (χ0v) is 10.8. The predicted octanol–water partition coefficient (Wildman–Crippen LogP) is 0.592. The number of aliphatic hydroxyl groups is 1. The highest BCUT2D eigenvalue weighted by Crippen LogP contribution is 2.20. The molecule has 1 heterocycles. The van der Waals surface area contributed by atoms with Gasteiger partial charge in [-0.15, -0.1) is 0 Å². The molecule has 0 saturated carbocycles. The third-order valence-corrected chi connectivity index (χ3v) is 3.38. The van der Waals surface area contributed by atoms with Crippen molar-refractivity contribution in [1.82, 2.24) is 5.32 Å². The molecule has 0 spiro atoms. The van der Waals surface area contributed by atoms with Crippen molar-refractivity contribution in [3.63, 3.8) is 0 Å². The van der Waals surface area contributed by atoms with E-state index >= 15 is 0 Å². The van der Waals surface area contributed by atoms with Crippen molar-refractivity contribution in [2.24, 2.45) is 0 Å². The molecule has 0 aliphatic carbocycles. The molecule has 0 atom stereocenters. The van der Waals surface area contributed by atoms with Crippen LogP contribution in [0.3, 0.4) is 0 Å². The van der Waals surface area contributed by atoms with Crippen LogP contribution in [0.25, 0.3) is 0 Å². The molecule has 19 heavy (non-hydrogen) atoms. The predicted molar refractivity (Wildman–Crippen MR) is 69.8 cm³/mol. The highest BCUT2D eigenvalue weighted by Gasteiger charge is 2.30. The Labute approximate surface area is 112 Å². The number of phenols is 1. The minimum atomic E-state index is -0.868. The average Bonchev–Trinajstić information content (AvgIpc) is 2.40. The summed E-state index contributed by atoms with van der Waals surface area (Å²) in [5.74, 6) is -0.0937. The summed E-state index contributed by atoms with van der Waals surface area (Å²) in [4.78, 5) is 11.8. The summed E-state index contributed by atoms with van der Waals surface area (Å²) < 4.78 is 5.18. The molecule has 5 heteroatoms. The normalized spacial score (nSPS) is 17.9. The number of carbonyl (C=O) groups is 1. The Bertz CT molecular complexity index is 441. The molecule has 104 valence electrons. The van der Waals surface area contributed by atoms with Crippen molar-refractivity contribution in [3.8, 4) is 5.75 Å². The largest absolute Gasteiger partial charge is 0.508 e. The van der Waals surface area contributed by atoms with Gasteiger partial charge in [0, 0.05) is 38.2 Å². The van der Waals surface area contributed by atoms with Gasteiger partial charge in [0.25, 0.3) is 0 Å². The van der Waals surface area contributed by atoms with E-state index < -0.39 is 5.60 Å². The third-order valence-electron chi connectivity index (χ3n) is 3.38. The number of phenolic OH excluding ortho intramolecular Hbond substituents is 1. The number of hydrogen-bond acceptors (Lipinski definition) is 4. The van der Waals surface area contributed by atoms with Crippen LogP contribution in [0.1, 0.15) is 18.4 Å². The summed E-state index contributed by atoms with van der Waals surface area (Å²) in [5, 5.41) is 22.5. The fourth-order valence-electron chi connectivity index (χ4n) is 2.09. The Hall–Kier alpha value is -1.59. The van der Waals surface area contributed by atoms with Crippen molar-refractivity contribution in [1.29, 1.82) is 0 Å². The molecule has 0 aromatic heterocycles. The van der Waals surface area contributed by atoms with E-state index in [-0.39, 0.29) is 24.6 Å². The van der Waals surface area contributed by atoms with Crippen LogP contribution in [0.4, 0.5) is 0 Å². The van der Waals surface area contributed by atoms with E-state index in [4.69, 9.17) is 4.74 Å². The van der Waals surface area contributed by atoms with Gasteiger partial charge in [0.2, 0.25) is 5.91 Å². The second-order valence-corrected chi connectivity index (χ2v) is 4.92. The highest BCUT2D eigenvalue weighted by molar-refractivity contribution is 5.79. The summed E-state index contributed by atoms with van der Waals surface area (Å²) in [6.45, 7) is 1.26. The maximum absolute atomic E-state index is 11.8. The number of carbonyl (C=O) groups excluding carboxylic acids is 1. The van der Waals surface area contributed by atoms with Crippen molar-refractivity contribution in [2.75, 3.05) is 19.8 Å². The molecule has 0 bridgehead atoms. The fourth-order valence-corrected chi connectivity index (χ4v) is 2.09. The standard InChI is InChI=1S/C14H19NO4/c16-12-4-2-1-3-11(12)9-13(17)15-10-14(18)5-7-19-8-6-14/h1-4,16,18H,5-10H2,(H,15,17). The van der Waals surface area contributed by atoms with Crippen molar-refractivity contribution in [2.45, 2.75) is 24.9 Å². The van der Waals surface area contributed by atoms with Crippen LogP contribution in [0.15, 0.2) is 24.3 Å². The van der Waals surface area contributed by atoms with Crippen LogP contribution in [-0.2, 0) is 16.0 Å². The number of ether oxygens (including phenoxy) is 1. The fraction of sp³-hybridized carbons (Fsp3) is 0.500. The molecule has 2 rings (SSSR count). The van der Waals surface area contributed by atoms with Crippen LogP contribution in [0, 0.1) is 0 Å². The Balaban J connectivity index is 1.83. The van der Waals surface area contributed by atoms with Gasteiger partial charge in [-0.1, -0.05) is 18.2 Å². The molecule has 1 aliphatic rings. The molecule has 1 saturated heterocycles. The minimum absolute atomic E-state index is 0.110. The number of aromatic hydroxyl groups is 1. The third kappa shape index (κ3) is 3.94. The van der Waals surface area contributed by atoms with Crippen molar-refractivity contribution in [3.05, 3.63) is 29.8 Å². The molecule has 1 aliphatic heterocycles. The Morgan fingerprint density at radius 3 is 2.68 bits per heavy atom. The van der Waals surface area contributed by atoms with Gasteiger partial charge in [0.15, 0.2) is 0 Å². The second kappa shape index (κ2) is 6.04. The molecule has 1 aromatic rings. The van der Waals surface area contributed by atoms with Crippen molar-refractivity contribution >= 4 is 5.91 Å². The molecule has 1 amide bonds. The van der Waals surface area contributed by atoms with E-state index in [1.807, 2.05) is 0 Å². The maximum atomic E-state index is 11.8. The van der Waals surface area contributed by atoms with Gasteiger partial charge in [-0.05, 0) is 6.07 Å². The van der Waals surface area contributed by atoms with Crippen molar-refractivity contribution < 1.29 is 19.7 Å². The molecule has 0 unspecified atom stereocenters. The Morgan fingerprint density at radius 2 is 2.00 bits per heavy atom. The van der Waals surface area contributed by atoms with Gasteiger partial charge in [-0.2, -0.15) is 0 Å². The number of benzene rings is 1. The summed E-state index contributed by atoms with van der Waals surface area (Å²) in [6.07, 6.45) is 1.17. The van der Waals surface area contributed by atoms with Crippen LogP contribution < -0.4 is 5.32 Å². The number of para-hydroxylation sites is 1. The first kappa shape index (κ1) is 13.8. The summed E-state index contributed by atoms with van der Waals surface area (Å²) in [6, 6.07) is 6.74. The van der Waals surface area contributed by atoms with Crippen LogP contribution >= 0.6 is 0 Å². The topological polar surface area (TPSA) is 78.8 Å². The SMILES string of the molecule is O=C(Cc1ccccc1O)NCC1(O)CCOCC1. The summed E-state index contributed by atoms with van der Waals surface area (Å²) in [7, 11) is 0. The van der Waals surface area contributed by atoms with E-state index in [0.717, 1.165) is 0 Å². The van der Waals surface area contributed by atoms with E-state index in [2.05, 4.69) is 5.32 Å². The van der Waals surface area contributed by atoms with E-state index in [1.54, 1.807) is 24.3 Å². The van der Waals surface area contributed by atoms with Gasteiger partial charge in [-0.3, -0.25) is 4.79 Å². The first-order chi connectivity index (χ1) is 9.09. The zero-order chi connectivity index (χ0) is 13.7. The zero-order valence-electron chi connectivity index (χ0n) is 10.8. The molecule has 5 nitrogen and oxygen atoms in total. The molecular formula is C14H19NO4. The lowest BCUT2D eigenvalue weighted by molar-refractivity contribution is -0.123. The van der Waals surface area contributed by atoms with E-state index in [9.17, 15) is 15.0 Å². The first-order valence-corrected chi connectivity index (χ1v) is 6.43. The summed E-state index contributed by atoms with van der Waals surface area (Å²) in [5.41, 5.74) is -0.286. The van der Waals surface area contributed by atoms with Gasteiger partial charge in [0.1, 0.15) is 5.75 Å². The maximum Gasteiger partial charge on any atom is 0.224 e. The molecule has 3 N–H and O–H groups in total. The quantitative estimate of drug-likeness (QED) is 0.744. The van der Waals surface area contributed by atoms with Crippen LogP contribution in [-0.4, -0.2) is 41.5 Å². The monoisotopic (exact) mass is 265 g/mol. The minimum Gasteiger partial charge on any atom is -0.508 e. The number of nitrogens with one attached hydrogen (secondary N) is 1. The summed E-state index contributed by atoms with van der Waals surface area (Å²) >= 11 is 0. The Kier molecular flexibility index (Phi) is 4.39. The lowest BCUT2D eigenvalue weighted by atomic mass is 9.94. The molecule has 0 radical (unpaired) electrons. The highest BCUT2D eigenvalue weighted by atomic mass is 16.5. The lowest BCUT2D eigenvalue weighted by Gasteiger charge is -2.32. The molecular weight excluding hydrogens is 246 g/mol. The van der Waals surface area contributed by atoms with Gasteiger partial charge in [-0.25, -0.2) is 0 Å². The Morgan fingerprint density at radius 1 is 1.32 bits per heavy atom.